The summed E-state index contributed by atoms with van der Waals surface area (Å²) in [5.41, 5.74) is 14.3. The van der Waals surface area contributed by atoms with Crippen molar-refractivity contribution in [2.45, 2.75) is 90.4 Å². The zero-order valence-corrected chi connectivity index (χ0v) is 39.7. The van der Waals surface area contributed by atoms with Crippen LogP contribution < -0.4 is 15.4 Å². The highest BCUT2D eigenvalue weighted by molar-refractivity contribution is 7.86. The minimum atomic E-state index is -4.08. The summed E-state index contributed by atoms with van der Waals surface area (Å²) in [6.07, 6.45) is 12.7. The molecule has 0 saturated heterocycles. The van der Waals surface area contributed by atoms with E-state index >= 15 is 0 Å². The van der Waals surface area contributed by atoms with Gasteiger partial charge in [-0.25, -0.2) is 0 Å². The van der Waals surface area contributed by atoms with Crippen LogP contribution in [0.5, 0.6) is 5.75 Å². The lowest BCUT2D eigenvalue weighted by Crippen LogP contribution is -2.29. The number of hydrogen-bond acceptors (Lipinski definition) is 8. The second kappa shape index (κ2) is 19.5. The van der Waals surface area contributed by atoms with E-state index in [1.54, 1.807) is 0 Å². The Morgan fingerprint density at radius 3 is 2.12 bits per heavy atom. The molecule has 10 nitrogen and oxygen atoms in total. The maximum absolute atomic E-state index is 11.6. The van der Waals surface area contributed by atoms with E-state index in [0.717, 1.165) is 80.5 Å². The highest BCUT2D eigenvalue weighted by atomic mass is 32.2. The fourth-order valence-corrected chi connectivity index (χ4v) is 10.7. The zero-order chi connectivity index (χ0) is 46.6. The molecule has 0 unspecified atom stereocenters. The van der Waals surface area contributed by atoms with E-state index in [1.165, 1.54) is 10.9 Å². The lowest BCUT2D eigenvalue weighted by molar-refractivity contribution is 0.415. The van der Waals surface area contributed by atoms with Crippen molar-refractivity contribution in [3.05, 3.63) is 161 Å². The third-order valence-corrected chi connectivity index (χ3v) is 14.4. The van der Waals surface area contributed by atoms with Gasteiger partial charge in [-0.3, -0.25) is 14.1 Å². The predicted molar refractivity (Wildman–Crippen MR) is 267 cm³/mol. The van der Waals surface area contributed by atoms with Crippen molar-refractivity contribution in [1.82, 2.24) is 0 Å². The smallest absolute Gasteiger partial charge is 0.264 e. The summed E-state index contributed by atoms with van der Waals surface area (Å²) in [6, 6.07) is 32.7. The SMILES string of the molecule is Cc1ccc2ccccc2c1C(C)(C)C(/C=C/C1=C(Oc2ccc(N)cc2)C(=C/C=C2/N(CCCCS(=O)(=O)O)c3ccc4ccccc4c3C2(C)C)/CCC1)=NCCCCS(=O)(=O)O. The van der Waals surface area contributed by atoms with Crippen molar-refractivity contribution >= 4 is 58.9 Å². The molecule has 5 aromatic rings. The molecule has 1 aliphatic carbocycles. The number of aliphatic imine (C=N–C) groups is 1. The molecule has 2 aliphatic rings. The van der Waals surface area contributed by atoms with Crippen LogP contribution in [0.1, 0.15) is 89.3 Å². The number of benzene rings is 5. The molecule has 342 valence electrons. The first kappa shape index (κ1) is 47.4. The molecule has 0 aromatic heterocycles. The van der Waals surface area contributed by atoms with Gasteiger partial charge < -0.3 is 15.4 Å². The molecule has 1 heterocycles. The summed E-state index contributed by atoms with van der Waals surface area (Å²) in [5, 5.41) is 4.60. The van der Waals surface area contributed by atoms with Gasteiger partial charge in [0, 0.05) is 46.7 Å². The van der Waals surface area contributed by atoms with Gasteiger partial charge in [-0.2, -0.15) is 16.8 Å². The number of nitrogens with zero attached hydrogens (tertiary/aromatic N) is 2. The number of ether oxygens (including phenoxy) is 1. The Kier molecular flexibility index (Phi) is 14.2. The minimum Gasteiger partial charge on any atom is -0.457 e. The number of allylic oxidation sites excluding steroid dienone is 7. The molecule has 0 fully saturated rings. The van der Waals surface area contributed by atoms with E-state index in [-0.39, 0.29) is 11.5 Å². The Labute approximate surface area is 384 Å². The monoisotopic (exact) mass is 915 g/mol. The minimum absolute atomic E-state index is 0.288. The van der Waals surface area contributed by atoms with Gasteiger partial charge in [0.05, 0.1) is 11.5 Å². The average molecular weight is 916 g/mol. The van der Waals surface area contributed by atoms with E-state index in [0.29, 0.717) is 50.2 Å². The summed E-state index contributed by atoms with van der Waals surface area (Å²) in [6.45, 7) is 11.9. The van der Waals surface area contributed by atoms with Crippen LogP contribution in [0.2, 0.25) is 0 Å². The summed E-state index contributed by atoms with van der Waals surface area (Å²) >= 11 is 0. The zero-order valence-electron chi connectivity index (χ0n) is 38.0. The van der Waals surface area contributed by atoms with Crippen molar-refractivity contribution in [3.8, 4) is 5.75 Å². The van der Waals surface area contributed by atoms with E-state index in [1.807, 2.05) is 36.4 Å². The fraction of sp³-hybridized carbons (Fsp3) is 0.340. The summed E-state index contributed by atoms with van der Waals surface area (Å²) < 4.78 is 72.0. The quantitative estimate of drug-likeness (QED) is 0.0357. The molecule has 0 atom stereocenters. The van der Waals surface area contributed by atoms with E-state index in [9.17, 15) is 25.9 Å². The van der Waals surface area contributed by atoms with Crippen molar-refractivity contribution < 1.29 is 30.7 Å². The third-order valence-electron chi connectivity index (χ3n) is 12.7. The summed E-state index contributed by atoms with van der Waals surface area (Å²) in [4.78, 5) is 7.46. The molecule has 0 radical (unpaired) electrons. The summed E-state index contributed by atoms with van der Waals surface area (Å²) in [5.74, 6) is 0.805. The highest BCUT2D eigenvalue weighted by Gasteiger charge is 2.41. The molecule has 0 amide bonds. The Morgan fingerprint density at radius 1 is 0.800 bits per heavy atom. The molecule has 5 aromatic carbocycles. The molecule has 0 saturated carbocycles. The average Bonchev–Trinajstić information content (AvgIpc) is 3.47. The van der Waals surface area contributed by atoms with Crippen molar-refractivity contribution in [1.29, 1.82) is 0 Å². The third kappa shape index (κ3) is 11.1. The molecule has 4 N–H and O–H groups in total. The van der Waals surface area contributed by atoms with Gasteiger partial charge in [-0.15, -0.1) is 0 Å². The van der Waals surface area contributed by atoms with Crippen LogP contribution in [0, 0.1) is 6.92 Å². The topological polar surface area (TPSA) is 160 Å². The second-order valence-corrected chi connectivity index (χ2v) is 21.4. The lowest BCUT2D eigenvalue weighted by Gasteiger charge is -2.30. The number of anilines is 2. The van der Waals surface area contributed by atoms with Crippen LogP contribution in [0.4, 0.5) is 11.4 Å². The van der Waals surface area contributed by atoms with Crippen molar-refractivity contribution in [3.63, 3.8) is 0 Å². The molecular weight excluding hydrogens is 855 g/mol. The summed E-state index contributed by atoms with van der Waals surface area (Å²) in [7, 11) is -8.15. The van der Waals surface area contributed by atoms with Gasteiger partial charge in [0.25, 0.3) is 20.2 Å². The van der Waals surface area contributed by atoms with E-state index < -0.39 is 31.1 Å². The Hall–Kier alpha value is -5.53. The standard InChI is InChI=1S/C53H61N3O7S2/c1-37-21-22-38-15-6-8-19-44(38)49(37)52(2,3)47(55-33-10-12-35-64(57,58)59)31-24-40-17-14-18-41(51(40)63-43-28-26-42(54)27-29-43)25-32-48-53(4,5)50-45-20-9-7-16-39(45)23-30-46(50)56(48)34-11-13-36-65(60,61)62/h6-9,15-16,19-32H,10-14,17-18,33-36,54H2,1-5H3,(H,57,58,59)(H,60,61,62)/b31-24+,41-25+,48-32+,55-47?. The largest absolute Gasteiger partial charge is 0.457 e. The van der Waals surface area contributed by atoms with Crippen LogP contribution in [-0.4, -0.2) is 56.2 Å². The van der Waals surface area contributed by atoms with Gasteiger partial charge in [-0.05, 0) is 144 Å². The second-order valence-electron chi connectivity index (χ2n) is 18.3. The number of fused-ring (bicyclic) bond motifs is 4. The van der Waals surface area contributed by atoms with Gasteiger partial charge >= 0.3 is 0 Å². The van der Waals surface area contributed by atoms with E-state index in [4.69, 9.17) is 15.5 Å². The fourth-order valence-electron chi connectivity index (χ4n) is 9.59. The van der Waals surface area contributed by atoms with Crippen LogP contribution in [-0.2, 0) is 31.1 Å². The maximum atomic E-state index is 11.6. The number of rotatable bonds is 17. The van der Waals surface area contributed by atoms with Crippen molar-refractivity contribution in [2.75, 3.05) is 35.2 Å². The lowest BCUT2D eigenvalue weighted by atomic mass is 9.75. The number of hydrogen-bond donors (Lipinski definition) is 3. The first-order valence-corrected chi connectivity index (χ1v) is 25.7. The normalized spacial score (nSPS) is 17.3. The first-order chi connectivity index (χ1) is 30.8. The molecule has 12 heteroatoms. The Bertz CT molecular complexity index is 2960. The van der Waals surface area contributed by atoms with Gasteiger partial charge in [0.15, 0.2) is 0 Å². The first-order valence-electron chi connectivity index (χ1n) is 22.4. The van der Waals surface area contributed by atoms with Gasteiger partial charge in [0.2, 0.25) is 0 Å². The van der Waals surface area contributed by atoms with Gasteiger partial charge in [0.1, 0.15) is 11.5 Å². The number of nitrogen functional groups attached to an aromatic ring is 1. The van der Waals surface area contributed by atoms with Crippen LogP contribution in [0.3, 0.4) is 0 Å². The Balaban J connectivity index is 1.33. The van der Waals surface area contributed by atoms with E-state index in [2.05, 4.69) is 124 Å². The van der Waals surface area contributed by atoms with Crippen molar-refractivity contribution in [2.24, 2.45) is 4.99 Å². The Morgan fingerprint density at radius 2 is 1.43 bits per heavy atom. The highest BCUT2D eigenvalue weighted by Crippen LogP contribution is 2.51. The molecule has 1 aliphatic heterocycles. The molecular formula is C53H61N3O7S2. The molecule has 65 heavy (non-hydrogen) atoms. The molecule has 0 spiro atoms. The van der Waals surface area contributed by atoms with Gasteiger partial charge in [-0.1, -0.05) is 107 Å². The predicted octanol–water partition coefficient (Wildman–Crippen LogP) is 11.6. The number of unbranched alkanes of at least 4 members (excludes halogenated alkanes) is 2. The maximum Gasteiger partial charge on any atom is 0.264 e. The number of nitrogens with two attached hydrogens (primary N) is 1. The number of aryl methyl sites for hydroxylation is 1. The molecule has 0 bridgehead atoms. The van der Waals surface area contributed by atoms with Crippen LogP contribution in [0.15, 0.2) is 149 Å². The molecule has 7 rings (SSSR count). The van der Waals surface area contributed by atoms with Crippen LogP contribution in [0.25, 0.3) is 21.5 Å². The van der Waals surface area contributed by atoms with Crippen LogP contribution >= 0.6 is 0 Å².